The summed E-state index contributed by atoms with van der Waals surface area (Å²) in [6, 6.07) is 14.0. The highest BCUT2D eigenvalue weighted by molar-refractivity contribution is 6.05. The van der Waals surface area contributed by atoms with Gasteiger partial charge in [0.2, 0.25) is 0 Å². The van der Waals surface area contributed by atoms with Crippen molar-refractivity contribution >= 4 is 17.3 Å². The van der Waals surface area contributed by atoms with Crippen LogP contribution in [0.5, 0.6) is 5.75 Å². The molecule has 5 nitrogen and oxygen atoms in total. The van der Waals surface area contributed by atoms with Crippen LogP contribution >= 0.6 is 0 Å². The number of amides is 1. The summed E-state index contributed by atoms with van der Waals surface area (Å²) >= 11 is 0. The molecule has 0 atom stereocenters. The molecule has 0 fully saturated rings. The van der Waals surface area contributed by atoms with E-state index in [0.29, 0.717) is 41.2 Å². The predicted molar refractivity (Wildman–Crippen MR) is 109 cm³/mol. The molecule has 0 unspecified atom stereocenters. The van der Waals surface area contributed by atoms with Crippen LogP contribution < -0.4 is 15.4 Å². The first-order valence-electron chi connectivity index (χ1n) is 8.95. The first-order valence-corrected chi connectivity index (χ1v) is 8.95. The number of hydrogen-bond acceptors (Lipinski definition) is 4. The highest BCUT2D eigenvalue weighted by atomic mass is 19.1. The quantitative estimate of drug-likeness (QED) is 0.637. The van der Waals surface area contributed by atoms with Gasteiger partial charge in [0.25, 0.3) is 5.91 Å². The van der Waals surface area contributed by atoms with E-state index in [4.69, 9.17) is 4.74 Å². The lowest BCUT2D eigenvalue weighted by molar-refractivity contribution is 0.102. The molecule has 6 heteroatoms. The van der Waals surface area contributed by atoms with Crippen molar-refractivity contribution in [3.05, 3.63) is 83.4 Å². The van der Waals surface area contributed by atoms with Gasteiger partial charge in [-0.3, -0.25) is 9.78 Å². The number of anilines is 2. The molecule has 0 radical (unpaired) electrons. The fourth-order valence-electron chi connectivity index (χ4n) is 2.82. The number of hydrogen-bond donors (Lipinski definition) is 2. The molecule has 0 bridgehead atoms. The van der Waals surface area contributed by atoms with E-state index in [2.05, 4.69) is 15.6 Å². The summed E-state index contributed by atoms with van der Waals surface area (Å²) in [6.07, 6.45) is 3.66. The third-order valence-corrected chi connectivity index (χ3v) is 4.28. The number of benzene rings is 2. The van der Waals surface area contributed by atoms with Gasteiger partial charge in [-0.15, -0.1) is 0 Å². The van der Waals surface area contributed by atoms with E-state index in [1.165, 1.54) is 12.3 Å². The molecule has 3 aromatic rings. The Kier molecular flexibility index (Phi) is 6.22. The van der Waals surface area contributed by atoms with Crippen LogP contribution in [-0.2, 0) is 6.42 Å². The Morgan fingerprint density at radius 2 is 1.96 bits per heavy atom. The van der Waals surface area contributed by atoms with Crippen molar-refractivity contribution in [3.63, 3.8) is 0 Å². The number of ether oxygens (including phenoxy) is 1. The minimum absolute atomic E-state index is 0.220. The number of methoxy groups -OCH3 is 1. The van der Waals surface area contributed by atoms with E-state index in [9.17, 15) is 9.18 Å². The number of halogens is 1. The third kappa shape index (κ3) is 4.85. The largest absolute Gasteiger partial charge is 0.495 e. The second-order valence-corrected chi connectivity index (χ2v) is 6.39. The number of rotatable bonds is 7. The van der Waals surface area contributed by atoms with Crippen LogP contribution in [-0.4, -0.2) is 24.5 Å². The smallest absolute Gasteiger partial charge is 0.257 e. The van der Waals surface area contributed by atoms with E-state index in [1.54, 1.807) is 31.5 Å². The molecule has 28 heavy (non-hydrogen) atoms. The zero-order valence-corrected chi connectivity index (χ0v) is 15.8. The maximum atomic E-state index is 13.7. The van der Waals surface area contributed by atoms with Gasteiger partial charge in [0.15, 0.2) is 0 Å². The van der Waals surface area contributed by atoms with Gasteiger partial charge in [-0.05, 0) is 48.7 Å². The van der Waals surface area contributed by atoms with Crippen molar-refractivity contribution in [1.82, 2.24) is 4.98 Å². The first kappa shape index (κ1) is 19.4. The van der Waals surface area contributed by atoms with Crippen LogP contribution in [0.3, 0.4) is 0 Å². The molecule has 0 aliphatic rings. The van der Waals surface area contributed by atoms with Crippen molar-refractivity contribution < 1.29 is 13.9 Å². The zero-order chi connectivity index (χ0) is 19.9. The number of carbonyl (C=O) groups excluding carboxylic acids is 1. The van der Waals surface area contributed by atoms with Crippen LogP contribution in [0, 0.1) is 12.7 Å². The Morgan fingerprint density at radius 1 is 1.14 bits per heavy atom. The third-order valence-electron chi connectivity index (χ3n) is 4.28. The number of aryl methyl sites for hydroxylation is 1. The molecular formula is C22H22FN3O2. The summed E-state index contributed by atoms with van der Waals surface area (Å²) in [4.78, 5) is 16.7. The Bertz CT molecular complexity index is 976. The van der Waals surface area contributed by atoms with Crippen molar-refractivity contribution in [1.29, 1.82) is 0 Å². The predicted octanol–water partition coefficient (Wildman–Crippen LogP) is 4.44. The molecule has 2 N–H and O–H groups in total. The van der Waals surface area contributed by atoms with Gasteiger partial charge in [-0.1, -0.05) is 24.3 Å². The summed E-state index contributed by atoms with van der Waals surface area (Å²) in [7, 11) is 1.56. The summed E-state index contributed by atoms with van der Waals surface area (Å²) in [5.41, 5.74) is 3.37. The monoisotopic (exact) mass is 379 g/mol. The van der Waals surface area contributed by atoms with Crippen molar-refractivity contribution in [2.24, 2.45) is 0 Å². The Hall–Kier alpha value is -3.41. The Morgan fingerprint density at radius 3 is 2.75 bits per heavy atom. The average molecular weight is 379 g/mol. The lowest BCUT2D eigenvalue weighted by atomic mass is 10.1. The molecular weight excluding hydrogens is 357 g/mol. The number of aromatic nitrogens is 1. The maximum absolute atomic E-state index is 13.7. The van der Waals surface area contributed by atoms with Gasteiger partial charge in [-0.25, -0.2) is 4.39 Å². The van der Waals surface area contributed by atoms with Crippen molar-refractivity contribution in [2.75, 3.05) is 24.3 Å². The van der Waals surface area contributed by atoms with E-state index in [0.717, 1.165) is 5.56 Å². The van der Waals surface area contributed by atoms with Crippen LogP contribution in [0.15, 0.2) is 60.9 Å². The van der Waals surface area contributed by atoms with Gasteiger partial charge < -0.3 is 15.4 Å². The Balaban J connectivity index is 1.65. The van der Waals surface area contributed by atoms with Crippen molar-refractivity contribution in [3.8, 4) is 5.75 Å². The fraction of sp³-hybridized carbons (Fsp3) is 0.182. The number of nitrogens with zero attached hydrogens (tertiary/aromatic N) is 1. The highest BCUT2D eigenvalue weighted by Gasteiger charge is 2.11. The van der Waals surface area contributed by atoms with Gasteiger partial charge in [0, 0.05) is 18.9 Å². The fourth-order valence-corrected chi connectivity index (χ4v) is 2.82. The summed E-state index contributed by atoms with van der Waals surface area (Å²) in [5, 5.41) is 6.03. The highest BCUT2D eigenvalue weighted by Crippen LogP contribution is 2.26. The minimum Gasteiger partial charge on any atom is -0.495 e. The molecule has 1 amide bonds. The van der Waals surface area contributed by atoms with Crippen LogP contribution in [0.25, 0.3) is 0 Å². The lowest BCUT2D eigenvalue weighted by Crippen LogP contribution is -2.14. The van der Waals surface area contributed by atoms with E-state index in [-0.39, 0.29) is 11.7 Å². The molecule has 0 spiro atoms. The summed E-state index contributed by atoms with van der Waals surface area (Å²) in [5.74, 6) is 0.0860. The van der Waals surface area contributed by atoms with Gasteiger partial charge in [0.1, 0.15) is 11.6 Å². The lowest BCUT2D eigenvalue weighted by Gasteiger charge is -2.12. The Labute approximate surface area is 163 Å². The molecule has 0 saturated heterocycles. The van der Waals surface area contributed by atoms with Gasteiger partial charge in [-0.2, -0.15) is 0 Å². The maximum Gasteiger partial charge on any atom is 0.257 e. The number of pyridine rings is 1. The minimum atomic E-state index is -0.283. The average Bonchev–Trinajstić information content (AvgIpc) is 2.70. The first-order chi connectivity index (χ1) is 13.6. The number of nitrogens with one attached hydrogen (secondary N) is 2. The standard InChI is InChI=1S/C22H22FN3O2/c1-15-7-8-21(28-2)20(11-15)26-22(27)17-12-18(14-24-13-17)25-10-9-16-5-3-4-6-19(16)23/h3-8,11-14,25H,9-10H2,1-2H3,(H,26,27). The molecule has 1 aromatic heterocycles. The molecule has 144 valence electrons. The molecule has 0 saturated carbocycles. The van der Waals surface area contributed by atoms with Crippen molar-refractivity contribution in [2.45, 2.75) is 13.3 Å². The molecule has 3 rings (SSSR count). The molecule has 1 heterocycles. The van der Waals surface area contributed by atoms with E-state index >= 15 is 0 Å². The molecule has 0 aliphatic carbocycles. The topological polar surface area (TPSA) is 63.2 Å². The van der Waals surface area contributed by atoms with Crippen LogP contribution in [0.1, 0.15) is 21.5 Å². The molecule has 0 aliphatic heterocycles. The van der Waals surface area contributed by atoms with Gasteiger partial charge >= 0.3 is 0 Å². The van der Waals surface area contributed by atoms with Crippen LogP contribution in [0.2, 0.25) is 0 Å². The summed E-state index contributed by atoms with van der Waals surface area (Å²) in [6.45, 7) is 2.47. The van der Waals surface area contributed by atoms with E-state index < -0.39 is 0 Å². The van der Waals surface area contributed by atoms with Gasteiger partial charge in [0.05, 0.1) is 24.0 Å². The second-order valence-electron chi connectivity index (χ2n) is 6.39. The zero-order valence-electron chi connectivity index (χ0n) is 15.8. The van der Waals surface area contributed by atoms with Crippen LogP contribution in [0.4, 0.5) is 15.8 Å². The summed E-state index contributed by atoms with van der Waals surface area (Å²) < 4.78 is 19.0. The van der Waals surface area contributed by atoms with E-state index in [1.807, 2.05) is 31.2 Å². The molecule has 2 aromatic carbocycles. The normalized spacial score (nSPS) is 10.4. The number of carbonyl (C=O) groups is 1. The second kappa shape index (κ2) is 8.99. The SMILES string of the molecule is COc1ccc(C)cc1NC(=O)c1cncc(NCCc2ccccc2F)c1.